The molecule has 3 N–H and O–H groups in total. The van der Waals surface area contributed by atoms with E-state index in [0.29, 0.717) is 0 Å². The molecule has 0 atom stereocenters. The van der Waals surface area contributed by atoms with E-state index in [2.05, 4.69) is 15.3 Å². The summed E-state index contributed by atoms with van der Waals surface area (Å²) in [7, 11) is 0. The van der Waals surface area contributed by atoms with Crippen molar-refractivity contribution < 1.29 is 9.18 Å². The van der Waals surface area contributed by atoms with Crippen LogP contribution in [0, 0.1) is 5.95 Å². The molecule has 18 heavy (non-hydrogen) atoms. The molecule has 0 aromatic carbocycles. The summed E-state index contributed by atoms with van der Waals surface area (Å²) in [6, 6.07) is 2.35. The van der Waals surface area contributed by atoms with Gasteiger partial charge in [-0.1, -0.05) is 0 Å². The van der Waals surface area contributed by atoms with Crippen LogP contribution in [-0.4, -0.2) is 20.9 Å². The lowest BCUT2D eigenvalue weighted by atomic mass is 10.3. The molecule has 0 saturated heterocycles. The molecule has 8 heteroatoms. The van der Waals surface area contributed by atoms with E-state index in [-0.39, 0.29) is 11.3 Å². The maximum absolute atomic E-state index is 12.5. The Kier molecular flexibility index (Phi) is 3.00. The van der Waals surface area contributed by atoms with E-state index in [1.54, 1.807) is 0 Å². The fraction of sp³-hybridized carbons (Fsp3) is 0. The van der Waals surface area contributed by atoms with E-state index < -0.39 is 23.1 Å². The van der Waals surface area contributed by atoms with Gasteiger partial charge in [-0.3, -0.25) is 14.6 Å². The molecule has 0 radical (unpaired) electrons. The lowest BCUT2D eigenvalue weighted by molar-refractivity contribution is 0.102. The highest BCUT2D eigenvalue weighted by Crippen LogP contribution is 2.06. The van der Waals surface area contributed by atoms with Crippen LogP contribution in [0.2, 0.25) is 0 Å². The zero-order valence-electron chi connectivity index (χ0n) is 8.86. The summed E-state index contributed by atoms with van der Waals surface area (Å²) >= 11 is 0. The highest BCUT2D eigenvalue weighted by atomic mass is 19.1. The Hall–Kier alpha value is -2.77. The molecule has 92 valence electrons. The Bertz CT molecular complexity index is 689. The molecule has 2 rings (SSSR count). The average molecular weight is 250 g/mol. The zero-order chi connectivity index (χ0) is 13.1. The van der Waals surface area contributed by atoms with Crippen molar-refractivity contribution in [3.05, 3.63) is 56.9 Å². The molecule has 0 aliphatic rings. The third kappa shape index (κ3) is 2.48. The molecule has 0 aliphatic carbocycles. The molecular formula is C10H7FN4O3. The molecule has 1 amide bonds. The van der Waals surface area contributed by atoms with Crippen LogP contribution in [0.5, 0.6) is 0 Å². The fourth-order valence-corrected chi connectivity index (χ4v) is 1.23. The molecule has 0 spiro atoms. The standard InChI is InChI=1S/C10H7FN4O3/c11-7-2-1-5(3-12-7)14-8(16)6-4-13-10(18)15-9(6)17/h1-4H,(H,14,16)(H2,13,15,17,18). The second kappa shape index (κ2) is 4.62. The number of aromatic amines is 2. The first-order valence-electron chi connectivity index (χ1n) is 4.81. The number of nitrogens with one attached hydrogen (secondary N) is 3. The van der Waals surface area contributed by atoms with Crippen molar-refractivity contribution in [1.82, 2.24) is 15.0 Å². The van der Waals surface area contributed by atoms with Gasteiger partial charge in [0.15, 0.2) is 0 Å². The van der Waals surface area contributed by atoms with Crippen LogP contribution in [0.25, 0.3) is 0 Å². The van der Waals surface area contributed by atoms with Gasteiger partial charge in [0.05, 0.1) is 11.9 Å². The molecule has 0 saturated carbocycles. The first-order chi connectivity index (χ1) is 8.56. The number of aromatic nitrogens is 3. The molecule has 0 fully saturated rings. The predicted octanol–water partition coefficient (Wildman–Crippen LogP) is -0.150. The summed E-state index contributed by atoms with van der Waals surface area (Å²) in [4.78, 5) is 41.2. The van der Waals surface area contributed by atoms with Gasteiger partial charge in [0.1, 0.15) is 5.56 Å². The topological polar surface area (TPSA) is 108 Å². The van der Waals surface area contributed by atoms with Crippen LogP contribution in [0.1, 0.15) is 10.4 Å². The number of H-pyrrole nitrogens is 2. The molecule has 0 unspecified atom stereocenters. The van der Waals surface area contributed by atoms with E-state index >= 15 is 0 Å². The van der Waals surface area contributed by atoms with Crippen molar-refractivity contribution in [1.29, 1.82) is 0 Å². The zero-order valence-corrected chi connectivity index (χ0v) is 8.86. The Morgan fingerprint density at radius 3 is 2.72 bits per heavy atom. The van der Waals surface area contributed by atoms with E-state index in [1.165, 1.54) is 6.07 Å². The van der Waals surface area contributed by atoms with E-state index in [0.717, 1.165) is 18.5 Å². The second-order valence-electron chi connectivity index (χ2n) is 3.31. The minimum atomic E-state index is -0.814. The highest BCUT2D eigenvalue weighted by molar-refractivity contribution is 6.03. The quantitative estimate of drug-likeness (QED) is 0.644. The van der Waals surface area contributed by atoms with Crippen LogP contribution < -0.4 is 16.6 Å². The third-order valence-corrected chi connectivity index (χ3v) is 2.05. The number of pyridine rings is 1. The smallest absolute Gasteiger partial charge is 0.320 e. The number of rotatable bonds is 2. The van der Waals surface area contributed by atoms with Gasteiger partial charge in [0.25, 0.3) is 11.5 Å². The number of halogens is 1. The Balaban J connectivity index is 2.24. The normalized spacial score (nSPS) is 10.1. The third-order valence-electron chi connectivity index (χ3n) is 2.05. The molecular weight excluding hydrogens is 243 g/mol. The summed E-state index contributed by atoms with van der Waals surface area (Å²) in [6.07, 6.45) is 2.10. The fourth-order valence-electron chi connectivity index (χ4n) is 1.23. The van der Waals surface area contributed by atoms with Crippen LogP contribution in [0.4, 0.5) is 10.1 Å². The summed E-state index contributed by atoms with van der Waals surface area (Å²) in [5, 5.41) is 2.34. The first kappa shape index (κ1) is 11.7. The largest absolute Gasteiger partial charge is 0.325 e. The van der Waals surface area contributed by atoms with Crippen molar-refractivity contribution >= 4 is 11.6 Å². The predicted molar refractivity (Wildman–Crippen MR) is 59.8 cm³/mol. The number of amides is 1. The number of hydrogen-bond donors (Lipinski definition) is 3. The molecule has 7 nitrogen and oxygen atoms in total. The number of carbonyl (C=O) groups is 1. The summed E-state index contributed by atoms with van der Waals surface area (Å²) in [6.45, 7) is 0. The van der Waals surface area contributed by atoms with E-state index in [4.69, 9.17) is 0 Å². The van der Waals surface area contributed by atoms with Crippen LogP contribution in [-0.2, 0) is 0 Å². The molecule has 2 heterocycles. The number of carbonyl (C=O) groups excluding carboxylic acids is 1. The minimum Gasteiger partial charge on any atom is -0.320 e. The van der Waals surface area contributed by atoms with Crippen molar-refractivity contribution in [2.75, 3.05) is 5.32 Å². The van der Waals surface area contributed by atoms with Gasteiger partial charge in [-0.25, -0.2) is 9.78 Å². The monoisotopic (exact) mass is 250 g/mol. The van der Waals surface area contributed by atoms with Gasteiger partial charge in [0, 0.05) is 6.20 Å². The van der Waals surface area contributed by atoms with Gasteiger partial charge in [-0.05, 0) is 12.1 Å². The molecule has 0 aliphatic heterocycles. The van der Waals surface area contributed by atoms with Crippen molar-refractivity contribution in [3.63, 3.8) is 0 Å². The van der Waals surface area contributed by atoms with Crippen LogP contribution >= 0.6 is 0 Å². The number of anilines is 1. The van der Waals surface area contributed by atoms with Gasteiger partial charge in [-0.15, -0.1) is 0 Å². The maximum atomic E-state index is 12.5. The SMILES string of the molecule is O=C(Nc1ccc(F)nc1)c1c[nH]c(=O)[nH]c1=O. The van der Waals surface area contributed by atoms with Crippen LogP contribution in [0.15, 0.2) is 34.1 Å². The minimum absolute atomic E-state index is 0.229. The first-order valence-corrected chi connectivity index (χ1v) is 4.81. The van der Waals surface area contributed by atoms with Crippen molar-refractivity contribution in [2.45, 2.75) is 0 Å². The molecule has 0 bridgehead atoms. The van der Waals surface area contributed by atoms with Crippen LogP contribution in [0.3, 0.4) is 0 Å². The van der Waals surface area contributed by atoms with Gasteiger partial charge in [0.2, 0.25) is 5.95 Å². The lowest BCUT2D eigenvalue weighted by Crippen LogP contribution is -2.29. The Labute approximate surface area is 98.7 Å². The summed E-state index contributed by atoms with van der Waals surface area (Å²) in [5.74, 6) is -1.42. The van der Waals surface area contributed by atoms with E-state index in [9.17, 15) is 18.8 Å². The number of nitrogens with zero attached hydrogens (tertiary/aromatic N) is 1. The van der Waals surface area contributed by atoms with Gasteiger partial charge in [-0.2, -0.15) is 4.39 Å². The van der Waals surface area contributed by atoms with Crippen molar-refractivity contribution in [2.24, 2.45) is 0 Å². The lowest BCUT2D eigenvalue weighted by Gasteiger charge is -2.03. The molecule has 2 aromatic rings. The summed E-state index contributed by atoms with van der Waals surface area (Å²) in [5.41, 5.74) is -1.56. The van der Waals surface area contributed by atoms with Gasteiger partial charge < -0.3 is 10.3 Å². The highest BCUT2D eigenvalue weighted by Gasteiger charge is 2.11. The number of hydrogen-bond acceptors (Lipinski definition) is 4. The summed E-state index contributed by atoms with van der Waals surface area (Å²) < 4.78 is 12.5. The van der Waals surface area contributed by atoms with Gasteiger partial charge >= 0.3 is 5.69 Å². The average Bonchev–Trinajstić information content (AvgIpc) is 2.32. The van der Waals surface area contributed by atoms with Crippen molar-refractivity contribution in [3.8, 4) is 0 Å². The van der Waals surface area contributed by atoms with E-state index in [1.807, 2.05) is 4.98 Å². The molecule has 2 aromatic heterocycles. The Morgan fingerprint density at radius 2 is 2.11 bits per heavy atom. The Morgan fingerprint density at radius 1 is 1.33 bits per heavy atom. The second-order valence-corrected chi connectivity index (χ2v) is 3.31. The maximum Gasteiger partial charge on any atom is 0.325 e.